The fraction of sp³-hybridized carbons (Fsp3) is 0.500. The van der Waals surface area contributed by atoms with Crippen LogP contribution in [0.5, 0.6) is 0 Å². The third kappa shape index (κ3) is 5.33. The van der Waals surface area contributed by atoms with Crippen LogP contribution in [-0.2, 0) is 6.54 Å². The van der Waals surface area contributed by atoms with Crippen LogP contribution in [0.3, 0.4) is 0 Å². The lowest BCUT2D eigenvalue weighted by Crippen LogP contribution is -2.32. The molecule has 0 radical (unpaired) electrons. The minimum atomic E-state index is -0.137. The normalized spacial score (nSPS) is 12.2. The summed E-state index contributed by atoms with van der Waals surface area (Å²) >= 11 is 6.46. The summed E-state index contributed by atoms with van der Waals surface area (Å²) in [6.07, 6.45) is 4.47. The van der Waals surface area contributed by atoms with Crippen molar-refractivity contribution >= 4 is 17.5 Å². The van der Waals surface area contributed by atoms with Crippen molar-refractivity contribution in [1.29, 1.82) is 0 Å². The molecule has 136 valence electrons. The maximum Gasteiger partial charge on any atom is 0.256 e. The Labute approximate surface area is 155 Å². The second-order valence-electron chi connectivity index (χ2n) is 6.76. The smallest absolute Gasteiger partial charge is 0.256 e. The molecule has 4 nitrogen and oxygen atoms in total. The molecule has 0 saturated heterocycles. The maximum atomic E-state index is 12.6. The average molecular weight is 362 g/mol. The van der Waals surface area contributed by atoms with Crippen LogP contribution in [0.25, 0.3) is 0 Å². The third-order valence-electron chi connectivity index (χ3n) is 4.36. The highest BCUT2D eigenvalue weighted by Gasteiger charge is 2.21. The average Bonchev–Trinajstić information content (AvgIpc) is 2.83. The van der Waals surface area contributed by atoms with Crippen LogP contribution in [0.4, 0.5) is 0 Å². The summed E-state index contributed by atoms with van der Waals surface area (Å²) in [4.78, 5) is 12.6. The zero-order chi connectivity index (χ0) is 18.4. The number of unbranched alkanes of at least 4 members (excludes halogenated alkanes) is 2. The number of hydrogen-bond acceptors (Lipinski definition) is 2. The topological polar surface area (TPSA) is 46.9 Å². The Hall–Kier alpha value is -1.81. The molecular formula is C20H28ClN3O. The van der Waals surface area contributed by atoms with Crippen molar-refractivity contribution in [2.75, 3.05) is 0 Å². The number of hydrogen-bond donors (Lipinski definition) is 1. The quantitative estimate of drug-likeness (QED) is 0.679. The van der Waals surface area contributed by atoms with Gasteiger partial charge >= 0.3 is 0 Å². The van der Waals surface area contributed by atoms with Gasteiger partial charge in [0.2, 0.25) is 0 Å². The van der Waals surface area contributed by atoms with Crippen LogP contribution in [0, 0.1) is 13.8 Å². The van der Waals surface area contributed by atoms with Gasteiger partial charge in [-0.1, -0.05) is 67.6 Å². The van der Waals surface area contributed by atoms with Crippen molar-refractivity contribution in [2.45, 2.75) is 66.0 Å². The Morgan fingerprint density at radius 2 is 1.92 bits per heavy atom. The highest BCUT2D eigenvalue weighted by Crippen LogP contribution is 2.21. The molecule has 1 heterocycles. The Bertz CT molecular complexity index is 706. The number of carbonyl (C=O) groups is 1. The number of rotatable bonds is 8. The molecule has 1 aromatic heterocycles. The number of halogens is 1. The van der Waals surface area contributed by atoms with Gasteiger partial charge in [-0.15, -0.1) is 0 Å². The van der Waals surface area contributed by atoms with E-state index in [0.29, 0.717) is 23.0 Å². The lowest BCUT2D eigenvalue weighted by Gasteiger charge is -2.13. The number of benzene rings is 1. The standard InChI is InChI=1S/C20H28ClN3O/c1-5-6-7-8-15(3)22-20(25)18-16(4)23-24(19(18)21)13-17-11-9-14(2)10-12-17/h9-12,15H,5-8,13H2,1-4H3,(H,22,25). The minimum absolute atomic E-state index is 0.134. The number of nitrogens with zero attached hydrogens (tertiary/aromatic N) is 2. The summed E-state index contributed by atoms with van der Waals surface area (Å²) in [6, 6.07) is 8.36. The summed E-state index contributed by atoms with van der Waals surface area (Å²) in [5.41, 5.74) is 3.46. The first kappa shape index (κ1) is 19.5. The van der Waals surface area contributed by atoms with Crippen LogP contribution in [0.2, 0.25) is 5.15 Å². The Morgan fingerprint density at radius 1 is 1.24 bits per heavy atom. The number of aromatic nitrogens is 2. The summed E-state index contributed by atoms with van der Waals surface area (Å²) in [6.45, 7) is 8.65. The van der Waals surface area contributed by atoms with Crippen LogP contribution in [0.15, 0.2) is 24.3 Å². The molecule has 0 spiro atoms. The fourth-order valence-electron chi connectivity index (χ4n) is 2.85. The Morgan fingerprint density at radius 3 is 2.56 bits per heavy atom. The SMILES string of the molecule is CCCCCC(C)NC(=O)c1c(C)nn(Cc2ccc(C)cc2)c1Cl. The van der Waals surface area contributed by atoms with E-state index in [9.17, 15) is 4.79 Å². The van der Waals surface area contributed by atoms with Gasteiger partial charge in [0.15, 0.2) is 0 Å². The molecule has 2 rings (SSSR count). The van der Waals surface area contributed by atoms with Crippen molar-refractivity contribution in [2.24, 2.45) is 0 Å². The number of aryl methyl sites for hydroxylation is 2. The molecule has 0 saturated carbocycles. The Kier molecular flexibility index (Phi) is 7.06. The third-order valence-corrected chi connectivity index (χ3v) is 4.75. The largest absolute Gasteiger partial charge is 0.349 e. The van der Waals surface area contributed by atoms with Gasteiger partial charge in [0, 0.05) is 6.04 Å². The first-order chi connectivity index (χ1) is 11.9. The highest BCUT2D eigenvalue weighted by molar-refractivity contribution is 6.33. The molecule has 1 unspecified atom stereocenters. The molecular weight excluding hydrogens is 334 g/mol. The van der Waals surface area contributed by atoms with E-state index in [4.69, 9.17) is 11.6 Å². The van der Waals surface area contributed by atoms with Crippen molar-refractivity contribution in [3.8, 4) is 0 Å². The highest BCUT2D eigenvalue weighted by atomic mass is 35.5. The first-order valence-electron chi connectivity index (χ1n) is 9.01. The van der Waals surface area contributed by atoms with Crippen LogP contribution < -0.4 is 5.32 Å². The van der Waals surface area contributed by atoms with Crippen LogP contribution >= 0.6 is 11.6 Å². The van der Waals surface area contributed by atoms with E-state index in [2.05, 4.69) is 48.5 Å². The predicted molar refractivity (Wildman–Crippen MR) is 103 cm³/mol. The van der Waals surface area contributed by atoms with E-state index >= 15 is 0 Å². The van der Waals surface area contributed by atoms with Gasteiger partial charge in [-0.3, -0.25) is 4.79 Å². The summed E-state index contributed by atoms with van der Waals surface area (Å²) in [5, 5.41) is 7.90. The number of amides is 1. The molecule has 0 bridgehead atoms. The molecule has 25 heavy (non-hydrogen) atoms. The molecule has 5 heteroatoms. The zero-order valence-electron chi connectivity index (χ0n) is 15.6. The van der Waals surface area contributed by atoms with Crippen LogP contribution in [0.1, 0.15) is 66.7 Å². The summed E-state index contributed by atoms with van der Waals surface area (Å²) in [5.74, 6) is -0.137. The summed E-state index contributed by atoms with van der Waals surface area (Å²) < 4.78 is 1.69. The van der Waals surface area contributed by atoms with E-state index in [1.807, 2.05) is 13.8 Å². The van der Waals surface area contributed by atoms with Crippen molar-refractivity contribution in [1.82, 2.24) is 15.1 Å². The molecule has 1 aromatic carbocycles. The maximum absolute atomic E-state index is 12.6. The molecule has 0 fully saturated rings. The predicted octanol–water partition coefficient (Wildman–Crippen LogP) is 4.90. The van der Waals surface area contributed by atoms with Crippen molar-refractivity contribution < 1.29 is 4.79 Å². The first-order valence-corrected chi connectivity index (χ1v) is 9.39. The van der Waals surface area contributed by atoms with Gasteiger partial charge < -0.3 is 5.32 Å². The van der Waals surface area contributed by atoms with E-state index in [1.54, 1.807) is 4.68 Å². The van der Waals surface area contributed by atoms with Gasteiger partial charge in [-0.25, -0.2) is 4.68 Å². The molecule has 1 amide bonds. The molecule has 1 atom stereocenters. The van der Waals surface area contributed by atoms with Gasteiger partial charge in [0.05, 0.1) is 17.8 Å². The Balaban J connectivity index is 2.07. The van der Waals surface area contributed by atoms with Gasteiger partial charge in [0.1, 0.15) is 5.15 Å². The van der Waals surface area contributed by atoms with Gasteiger partial charge in [-0.2, -0.15) is 5.10 Å². The molecule has 2 aromatic rings. The molecule has 0 aliphatic rings. The number of carbonyl (C=O) groups excluding carboxylic acids is 1. The van der Waals surface area contributed by atoms with Crippen molar-refractivity contribution in [3.05, 3.63) is 51.8 Å². The monoisotopic (exact) mass is 361 g/mol. The van der Waals surface area contributed by atoms with E-state index in [1.165, 1.54) is 18.4 Å². The minimum Gasteiger partial charge on any atom is -0.349 e. The summed E-state index contributed by atoms with van der Waals surface area (Å²) in [7, 11) is 0. The van der Waals surface area contributed by atoms with Crippen LogP contribution in [-0.4, -0.2) is 21.7 Å². The molecule has 0 aliphatic carbocycles. The van der Waals surface area contributed by atoms with Gasteiger partial charge in [-0.05, 0) is 32.8 Å². The van der Waals surface area contributed by atoms with E-state index in [-0.39, 0.29) is 11.9 Å². The lowest BCUT2D eigenvalue weighted by molar-refractivity contribution is 0.0937. The second kappa shape index (κ2) is 9.04. The lowest BCUT2D eigenvalue weighted by atomic mass is 10.1. The van der Waals surface area contributed by atoms with Crippen molar-refractivity contribution in [3.63, 3.8) is 0 Å². The fourth-order valence-corrected chi connectivity index (χ4v) is 3.17. The van der Waals surface area contributed by atoms with Gasteiger partial charge in [0.25, 0.3) is 5.91 Å². The van der Waals surface area contributed by atoms with E-state index < -0.39 is 0 Å². The molecule has 0 aliphatic heterocycles. The van der Waals surface area contributed by atoms with E-state index in [0.717, 1.165) is 18.4 Å². The molecule has 1 N–H and O–H groups in total. The zero-order valence-corrected chi connectivity index (χ0v) is 16.4. The second-order valence-corrected chi connectivity index (χ2v) is 7.12. The number of nitrogens with one attached hydrogen (secondary N) is 1.